The Morgan fingerprint density at radius 2 is 0.882 bits per heavy atom. The minimum absolute atomic E-state index is 0. The van der Waals surface area contributed by atoms with Gasteiger partial charge in [-0.15, -0.1) is 0 Å². The summed E-state index contributed by atoms with van der Waals surface area (Å²) in [5.74, 6) is 1.24. The molecule has 38 nitrogen and oxygen atoms in total. The molecule has 0 spiro atoms. The minimum Gasteiger partial charge on any atom is -0.793 e. The molecule has 6 aromatic rings. The second-order valence-corrected chi connectivity index (χ2v) is 27.8. The molecule has 43 heteroatoms. The maximum atomic E-state index is 12.0. The first-order valence-corrected chi connectivity index (χ1v) is 36.6. The molecule has 0 unspecified atom stereocenters. The molecule has 3 saturated heterocycles. The van der Waals surface area contributed by atoms with Gasteiger partial charge in [-0.25, -0.2) is 48.7 Å². The van der Waals surface area contributed by atoms with Crippen LogP contribution in [-0.4, -0.2) is 261 Å². The van der Waals surface area contributed by atoms with Gasteiger partial charge in [0, 0.05) is 175 Å². The number of thiazole rings is 1. The number of esters is 1. The first kappa shape index (κ1) is 110. The van der Waals surface area contributed by atoms with E-state index >= 15 is 0 Å². The summed E-state index contributed by atoms with van der Waals surface area (Å²) in [7, 11) is 13.1. The molecule has 6 aromatic heterocycles. The molecule has 3 aliphatic rings. The minimum atomic E-state index is -0.639. The molecule has 0 saturated carbocycles. The largest absolute Gasteiger partial charge is 1.00 e. The molecule has 119 heavy (non-hydrogen) atoms. The van der Waals surface area contributed by atoms with Gasteiger partial charge in [-0.1, -0.05) is 49.4 Å². The number of ether oxygens (including phenoxy) is 8. The summed E-state index contributed by atoms with van der Waals surface area (Å²) >= 11 is 12.5. The summed E-state index contributed by atoms with van der Waals surface area (Å²) in [6, 6.07) is 18.3. The molecular formula is C76H107BCl2N16NaO22S. The number of pyridine rings is 5. The van der Waals surface area contributed by atoms with Crippen molar-refractivity contribution in [2.45, 2.75) is 122 Å². The zero-order chi connectivity index (χ0) is 87.3. The number of amides is 5. The van der Waals surface area contributed by atoms with Gasteiger partial charge in [0.25, 0.3) is 0 Å². The van der Waals surface area contributed by atoms with Crippen molar-refractivity contribution in [3.8, 4) is 35.5 Å². The summed E-state index contributed by atoms with van der Waals surface area (Å²) in [5.41, 5.74) is 1.99. The van der Waals surface area contributed by atoms with Crippen LogP contribution in [0.2, 0.25) is 10.3 Å². The second kappa shape index (κ2) is 58.3. The average molecular weight is 1730 g/mol. The molecule has 0 aliphatic carbocycles. The van der Waals surface area contributed by atoms with Gasteiger partial charge in [0.15, 0.2) is 5.13 Å². The molecule has 9 heterocycles. The second-order valence-electron chi connectivity index (χ2n) is 25.9. The van der Waals surface area contributed by atoms with Crippen LogP contribution < -0.4 is 74.5 Å². The van der Waals surface area contributed by atoms with Crippen LogP contribution in [0.25, 0.3) is 0 Å². The van der Waals surface area contributed by atoms with Gasteiger partial charge in [-0.2, -0.15) is 20.2 Å². The van der Waals surface area contributed by atoms with Gasteiger partial charge in [-0.05, 0) is 83.0 Å². The molecule has 3 aliphatic heterocycles. The Morgan fingerprint density at radius 1 is 0.521 bits per heavy atom. The van der Waals surface area contributed by atoms with Gasteiger partial charge in [0.2, 0.25) is 53.1 Å². The summed E-state index contributed by atoms with van der Waals surface area (Å²) in [6.45, 7) is 30.3. The molecule has 5 amide bonds. The molecule has 4 N–H and O–H groups in total. The number of nitriles is 1. The Bertz CT molecular complexity index is 4240. The quantitative estimate of drug-likeness (QED) is 0.0150. The van der Waals surface area contributed by atoms with E-state index in [2.05, 4.69) is 94.3 Å². The summed E-state index contributed by atoms with van der Waals surface area (Å²) in [4.78, 5) is 161. The number of piperazine rings is 3. The Kier molecular flexibility index (Phi) is 54.1. The number of nitrogens with zero attached hydrogens (tertiary/aromatic N) is 12. The summed E-state index contributed by atoms with van der Waals surface area (Å²) in [6.07, 6.45) is 1.67. The van der Waals surface area contributed by atoms with Crippen LogP contribution in [0.1, 0.15) is 145 Å². The van der Waals surface area contributed by atoms with E-state index in [0.717, 1.165) is 110 Å². The Hall–Kier alpha value is -10.6. The third kappa shape index (κ3) is 48.1. The van der Waals surface area contributed by atoms with E-state index in [1.165, 1.54) is 96.4 Å². The number of aromatic nitrogens is 6. The number of hydrogen-bond acceptors (Lipinski definition) is 34. The van der Waals surface area contributed by atoms with E-state index < -0.39 is 47.3 Å². The van der Waals surface area contributed by atoms with Gasteiger partial charge in [0.1, 0.15) is 62.5 Å². The van der Waals surface area contributed by atoms with Crippen molar-refractivity contribution >= 4 is 132 Å². The van der Waals surface area contributed by atoms with Crippen molar-refractivity contribution in [1.82, 2.24) is 59.7 Å². The fourth-order valence-electron chi connectivity index (χ4n) is 9.24. The van der Waals surface area contributed by atoms with Crippen molar-refractivity contribution < 1.29 is 135 Å². The molecular weight excluding hydrogens is 1630 g/mol. The molecule has 3 fully saturated rings. The van der Waals surface area contributed by atoms with Crippen molar-refractivity contribution in [2.24, 2.45) is 0 Å². The normalized spacial score (nSPS) is 12.4. The van der Waals surface area contributed by atoms with Crippen LogP contribution in [0, 0.1) is 11.3 Å². The average Bonchev–Trinajstić information content (AvgIpc) is 1.79. The van der Waals surface area contributed by atoms with E-state index in [9.17, 15) is 52.7 Å². The van der Waals surface area contributed by atoms with Crippen LogP contribution in [0.3, 0.4) is 0 Å². The number of aldehydes is 2. The predicted octanol–water partition coefficient (Wildman–Crippen LogP) is 6.64. The zero-order valence-electron chi connectivity index (χ0n) is 69.0. The van der Waals surface area contributed by atoms with Crippen LogP contribution in [0.5, 0.6) is 29.4 Å². The van der Waals surface area contributed by atoms with Gasteiger partial charge in [0.05, 0.1) is 54.4 Å². The molecule has 0 aromatic carbocycles. The maximum absolute atomic E-state index is 12.0. The van der Waals surface area contributed by atoms with Crippen LogP contribution in [0.4, 0.5) is 32.2 Å². The van der Waals surface area contributed by atoms with Crippen molar-refractivity contribution in [3.63, 3.8) is 0 Å². The number of halogens is 2. The number of nitrogens with one attached hydrogen (secondary N) is 4. The standard InChI is InChI=1S/C18H28N4O4.C17H20N6O2S.C12H16N2O4.C8H8ClNO3.C7H6ClNO2.C6H12N2O.C4H6O4.C2H3BO2.2CH4.Na/c1-13(23)22-8-6-21(7-9-22)12-14-10-15(19-16(11-14)25-5)20-17(24)26-18(2,3)4;1-12(24)23-5-3-22(4-6-23)11-13-7-15(20-16(8-13)25-2)21-17-19-10-14(9-18)26-17;1-12(2,3)18-11(16)14-9-5-8(7-15)6-10(13-9)17-4;1-12-7-4-5(8(11)13-2)3-6(9)10-7;1-11-7-3-5(4-10)2-6(8)9-7;1-6(9)8-4-2-7-3-5-8;1-3(5)7-8-4(2)6;1-2(4)5-3;;;/h10-11H,6-9,12H2,1-5H3,(H,19,20,24);7-8,10H,3-6,11H2,1-2H3,(H,19,20,21);5-7H,1-4H3,(H,13,14,16);3-4H,1-2H3;2-4H,1H3;7H,2-5H2,1H3;1-2H3;1H3;2*1H4;/q;;;;;;;-1;;;+1. The van der Waals surface area contributed by atoms with Crippen molar-refractivity contribution in [1.29, 1.82) is 5.26 Å². The van der Waals surface area contributed by atoms with E-state index in [4.69, 9.17) is 61.6 Å². The number of carbonyl (C=O) groups excluding carboxylic acids is 11. The Balaban J connectivity index is 0. The van der Waals surface area contributed by atoms with Crippen LogP contribution >= 0.6 is 34.5 Å². The fourth-order valence-corrected chi connectivity index (χ4v) is 10.3. The SMILES string of the molecule is C.C.CC(=O)N1CCNCC1.CC(=O)OOC(C)=O.COC(=O)c1cc(Cl)nc(OC)c1.COc1cc(C=O)cc(Cl)n1.COc1cc(C=O)cc(NC(=O)OC(C)(C)C)n1.COc1cc(CN2CCN(C(C)=O)CC2)cc(NC(=O)OC(C)(C)C)n1.COc1cc(CN2CCN(C(C)=O)CC2)cc(Nc2ncc(C#N)s2)n1.[B-]OC(C)=O.[Na+]. The third-order valence-electron chi connectivity index (χ3n) is 14.4. The first-order chi connectivity index (χ1) is 54.7. The number of hydrogen-bond donors (Lipinski definition) is 4. The monoisotopic (exact) mass is 1730 g/mol. The predicted molar refractivity (Wildman–Crippen MR) is 441 cm³/mol. The number of carbonyl (C=O) groups is 11. The molecule has 9 rings (SSSR count). The number of anilines is 4. The van der Waals surface area contributed by atoms with Crippen molar-refractivity contribution in [3.05, 3.63) is 110 Å². The van der Waals surface area contributed by atoms with Gasteiger partial charge < -0.3 is 75.9 Å². The molecule has 0 atom stereocenters. The smallest absolute Gasteiger partial charge is 0.793 e. The molecule has 647 valence electrons. The summed E-state index contributed by atoms with van der Waals surface area (Å²) in [5, 5.41) is 21.4. The van der Waals surface area contributed by atoms with E-state index in [1.807, 2.05) is 39.0 Å². The Labute approximate surface area is 731 Å². The third-order valence-corrected chi connectivity index (χ3v) is 15.6. The first-order valence-electron chi connectivity index (χ1n) is 35.1. The van der Waals surface area contributed by atoms with Crippen LogP contribution in [-0.2, 0) is 70.5 Å². The van der Waals surface area contributed by atoms with Crippen molar-refractivity contribution in [2.75, 3.05) is 137 Å². The van der Waals surface area contributed by atoms with E-state index in [0.29, 0.717) is 75.1 Å². The topological polar surface area (TPSA) is 455 Å². The van der Waals surface area contributed by atoms with Gasteiger partial charge in [-0.3, -0.25) is 49.2 Å². The van der Waals surface area contributed by atoms with Crippen LogP contribution in [0.15, 0.2) is 66.9 Å². The summed E-state index contributed by atoms with van der Waals surface area (Å²) < 4.78 is 43.5. The maximum Gasteiger partial charge on any atom is 1.00 e. The van der Waals surface area contributed by atoms with Gasteiger partial charge >= 0.3 is 59.7 Å². The Morgan fingerprint density at radius 3 is 1.24 bits per heavy atom. The van der Waals surface area contributed by atoms with E-state index in [1.54, 1.807) is 69.4 Å². The number of rotatable bonds is 16. The molecule has 3 radical (unpaired) electrons. The van der Waals surface area contributed by atoms with E-state index in [-0.39, 0.29) is 90.0 Å². The molecule has 0 bridgehead atoms. The fraction of sp³-hybridized carbons (Fsp3) is 0.474. The zero-order valence-corrected chi connectivity index (χ0v) is 73.3. The number of methoxy groups -OCH3 is 6.